The quantitative estimate of drug-likeness (QED) is 0.561. The summed E-state index contributed by atoms with van der Waals surface area (Å²) in [6, 6.07) is 15.0. The fraction of sp³-hybridized carbons (Fsp3) is 0.333. The van der Waals surface area contributed by atoms with Gasteiger partial charge in [0, 0.05) is 19.2 Å². The zero-order valence-electron chi connectivity index (χ0n) is 16.2. The van der Waals surface area contributed by atoms with E-state index in [1.807, 2.05) is 18.7 Å². The van der Waals surface area contributed by atoms with Crippen molar-refractivity contribution in [1.29, 1.82) is 0 Å². The summed E-state index contributed by atoms with van der Waals surface area (Å²) in [4.78, 5) is 2.17. The Kier molecular flexibility index (Phi) is 5.87. The summed E-state index contributed by atoms with van der Waals surface area (Å²) in [5.74, 6) is 1.01. The summed E-state index contributed by atoms with van der Waals surface area (Å²) in [5.41, 5.74) is 3.44. The zero-order valence-corrected chi connectivity index (χ0v) is 17.0. The maximum atomic E-state index is 13.2. The predicted molar refractivity (Wildman–Crippen MR) is 109 cm³/mol. The van der Waals surface area contributed by atoms with Crippen molar-refractivity contribution in [2.75, 3.05) is 7.05 Å². The van der Waals surface area contributed by atoms with E-state index in [4.69, 9.17) is 12.2 Å². The lowest BCUT2D eigenvalue weighted by atomic mass is 10.0. The average molecular weight is 385 g/mol. The molecule has 3 aromatic rings. The van der Waals surface area contributed by atoms with Crippen molar-refractivity contribution in [3.8, 4) is 11.4 Å². The Balaban J connectivity index is 1.74. The molecule has 4 nitrogen and oxygen atoms in total. The van der Waals surface area contributed by atoms with Crippen molar-refractivity contribution >= 4 is 12.2 Å². The van der Waals surface area contributed by atoms with Crippen molar-refractivity contribution in [3.05, 3.63) is 70.2 Å². The second kappa shape index (κ2) is 8.15. The highest BCUT2D eigenvalue weighted by Gasteiger charge is 2.12. The second-order valence-electron chi connectivity index (χ2n) is 7.22. The highest BCUT2D eigenvalue weighted by atomic mass is 32.1. The molecule has 0 saturated heterocycles. The largest absolute Gasteiger partial charge is 0.303 e. The zero-order chi connectivity index (χ0) is 19.6. The van der Waals surface area contributed by atoms with E-state index in [0.717, 1.165) is 17.9 Å². The van der Waals surface area contributed by atoms with Gasteiger partial charge in [-0.3, -0.25) is 4.90 Å². The lowest BCUT2D eigenvalue weighted by Crippen LogP contribution is -2.22. The lowest BCUT2D eigenvalue weighted by molar-refractivity contribution is 0.244. The van der Waals surface area contributed by atoms with Crippen molar-refractivity contribution < 1.29 is 4.39 Å². The number of hydrogen-bond acceptors (Lipinski definition) is 3. The molecule has 1 aromatic heterocycles. The number of nitrogens with zero attached hydrogens (tertiary/aromatic N) is 4. The van der Waals surface area contributed by atoms with Crippen molar-refractivity contribution in [2.24, 2.45) is 7.05 Å². The van der Waals surface area contributed by atoms with Crippen molar-refractivity contribution in [3.63, 3.8) is 0 Å². The number of benzene rings is 2. The number of halogens is 1. The molecule has 6 heteroatoms. The first kappa shape index (κ1) is 19.5. The smallest absolute Gasteiger partial charge is 0.199 e. The van der Waals surface area contributed by atoms with Gasteiger partial charge in [0.1, 0.15) is 5.82 Å². The summed E-state index contributed by atoms with van der Waals surface area (Å²) >= 11 is 5.53. The van der Waals surface area contributed by atoms with E-state index in [-0.39, 0.29) is 5.82 Å². The molecule has 0 unspecified atom stereocenters. The highest BCUT2D eigenvalue weighted by molar-refractivity contribution is 7.71. The first-order valence-electron chi connectivity index (χ1n) is 9.02. The molecule has 0 aliphatic heterocycles. The molecule has 0 N–H and O–H groups in total. The summed E-state index contributed by atoms with van der Waals surface area (Å²) in [7, 11) is 3.93. The molecule has 0 saturated carbocycles. The molecule has 27 heavy (non-hydrogen) atoms. The Hall–Kier alpha value is -2.31. The van der Waals surface area contributed by atoms with Gasteiger partial charge in [-0.2, -0.15) is 5.10 Å². The molecule has 0 aliphatic carbocycles. The van der Waals surface area contributed by atoms with E-state index in [1.54, 1.807) is 16.8 Å². The fourth-order valence-corrected chi connectivity index (χ4v) is 3.21. The van der Waals surface area contributed by atoms with E-state index in [2.05, 4.69) is 48.1 Å². The summed E-state index contributed by atoms with van der Waals surface area (Å²) in [6.45, 7) is 5.79. The van der Waals surface area contributed by atoms with Gasteiger partial charge in [0.2, 0.25) is 0 Å². The second-order valence-corrected chi connectivity index (χ2v) is 7.59. The van der Waals surface area contributed by atoms with E-state index < -0.39 is 0 Å². The van der Waals surface area contributed by atoms with Gasteiger partial charge < -0.3 is 4.57 Å². The molecule has 0 amide bonds. The van der Waals surface area contributed by atoms with Gasteiger partial charge >= 0.3 is 0 Å². The minimum absolute atomic E-state index is 0.261. The average Bonchev–Trinajstić information content (AvgIpc) is 2.91. The Labute approximate surface area is 164 Å². The number of hydrogen-bond donors (Lipinski definition) is 0. The van der Waals surface area contributed by atoms with Crippen LogP contribution in [0, 0.1) is 10.6 Å². The van der Waals surface area contributed by atoms with Crippen molar-refractivity contribution in [2.45, 2.75) is 33.0 Å². The van der Waals surface area contributed by atoms with Crippen LogP contribution in [0.2, 0.25) is 0 Å². The van der Waals surface area contributed by atoms with Crippen LogP contribution in [0.25, 0.3) is 11.4 Å². The Morgan fingerprint density at radius 3 is 2.30 bits per heavy atom. The van der Waals surface area contributed by atoms with E-state index >= 15 is 0 Å². The van der Waals surface area contributed by atoms with Crippen LogP contribution in [0.1, 0.15) is 30.9 Å². The third-order valence-corrected chi connectivity index (χ3v) is 5.10. The molecule has 2 aromatic carbocycles. The predicted octanol–water partition coefficient (Wildman–Crippen LogP) is 4.97. The van der Waals surface area contributed by atoms with Crippen LogP contribution < -0.4 is 0 Å². The molecule has 1 heterocycles. The van der Waals surface area contributed by atoms with Crippen LogP contribution in [0.3, 0.4) is 0 Å². The minimum atomic E-state index is -0.261. The standard InChI is InChI=1S/C21H25FN4S/c1-15(2)17-7-5-16(6-8-17)13-24(3)14-26-21(27)25(4)20(23-26)18-9-11-19(22)12-10-18/h5-12,15H,13-14H2,1-4H3. The van der Waals surface area contributed by atoms with Crippen molar-refractivity contribution in [1.82, 2.24) is 19.2 Å². The van der Waals surface area contributed by atoms with Gasteiger partial charge in [0.15, 0.2) is 10.6 Å². The Morgan fingerprint density at radius 1 is 1.07 bits per heavy atom. The first-order chi connectivity index (χ1) is 12.8. The van der Waals surface area contributed by atoms with E-state index in [0.29, 0.717) is 17.4 Å². The molecule has 0 bridgehead atoms. The van der Waals surface area contributed by atoms with Crippen LogP contribution in [0.15, 0.2) is 48.5 Å². The lowest BCUT2D eigenvalue weighted by Gasteiger charge is -2.17. The SMILES string of the molecule is CC(C)c1ccc(CN(C)Cn2nc(-c3ccc(F)cc3)n(C)c2=S)cc1. The topological polar surface area (TPSA) is 26.0 Å². The van der Waals surface area contributed by atoms with Gasteiger partial charge in [-0.1, -0.05) is 38.1 Å². The van der Waals surface area contributed by atoms with Gasteiger partial charge in [-0.05, 0) is 60.6 Å². The molecule has 0 spiro atoms. The molecule has 3 rings (SSSR count). The molecule has 0 atom stereocenters. The first-order valence-corrected chi connectivity index (χ1v) is 9.43. The minimum Gasteiger partial charge on any atom is -0.303 e. The fourth-order valence-electron chi connectivity index (χ4n) is 3.03. The van der Waals surface area contributed by atoms with Crippen LogP contribution in [0.4, 0.5) is 4.39 Å². The van der Waals surface area contributed by atoms with Crippen LogP contribution in [-0.2, 0) is 20.3 Å². The van der Waals surface area contributed by atoms with Crippen LogP contribution in [0.5, 0.6) is 0 Å². The molecular formula is C21H25FN4S. The number of aromatic nitrogens is 3. The van der Waals surface area contributed by atoms with Gasteiger partial charge in [-0.15, -0.1) is 0 Å². The summed E-state index contributed by atoms with van der Waals surface area (Å²) < 4.78 is 17.5. The normalized spacial score (nSPS) is 11.5. The molecule has 142 valence electrons. The number of rotatable bonds is 6. The molecule has 0 aliphatic rings. The highest BCUT2D eigenvalue weighted by Crippen LogP contribution is 2.19. The molecule has 0 radical (unpaired) electrons. The Morgan fingerprint density at radius 2 is 1.70 bits per heavy atom. The van der Waals surface area contributed by atoms with Crippen LogP contribution in [-0.4, -0.2) is 26.3 Å². The van der Waals surface area contributed by atoms with Gasteiger partial charge in [0.25, 0.3) is 0 Å². The summed E-state index contributed by atoms with van der Waals surface area (Å²) in [5, 5.41) is 4.64. The maximum Gasteiger partial charge on any atom is 0.199 e. The monoisotopic (exact) mass is 384 g/mol. The third-order valence-electron chi connectivity index (χ3n) is 4.62. The van der Waals surface area contributed by atoms with Gasteiger partial charge in [-0.25, -0.2) is 9.07 Å². The van der Waals surface area contributed by atoms with Crippen LogP contribution >= 0.6 is 12.2 Å². The van der Waals surface area contributed by atoms with E-state index in [9.17, 15) is 4.39 Å². The van der Waals surface area contributed by atoms with E-state index in [1.165, 1.54) is 23.3 Å². The third kappa shape index (κ3) is 4.51. The summed E-state index contributed by atoms with van der Waals surface area (Å²) in [6.07, 6.45) is 0. The Bertz CT molecular complexity index is 955. The molecular weight excluding hydrogens is 359 g/mol. The molecule has 0 fully saturated rings. The van der Waals surface area contributed by atoms with Gasteiger partial charge in [0.05, 0.1) is 6.67 Å². The maximum absolute atomic E-state index is 13.2.